The van der Waals surface area contributed by atoms with Gasteiger partial charge in [-0.3, -0.25) is 4.79 Å². The minimum Gasteiger partial charge on any atom is -0.394 e. The van der Waals surface area contributed by atoms with Gasteiger partial charge in [0, 0.05) is 0 Å². The van der Waals surface area contributed by atoms with Crippen LogP contribution in [0.5, 0.6) is 0 Å². The third kappa shape index (κ3) is 36.4. The van der Waals surface area contributed by atoms with E-state index in [4.69, 9.17) is 0 Å². The van der Waals surface area contributed by atoms with E-state index < -0.39 is 18.2 Å². The molecule has 1 amide bonds. The smallest absolute Gasteiger partial charge is 0.222 e. The number of rotatable bonds is 39. The summed E-state index contributed by atoms with van der Waals surface area (Å²) in [5.74, 6) is -0.325. The molecule has 4 N–H and O–H groups in total. The van der Waals surface area contributed by atoms with Crippen molar-refractivity contribution in [3.05, 3.63) is 24.3 Å². The second-order valence-corrected chi connectivity index (χ2v) is 15.0. The summed E-state index contributed by atoms with van der Waals surface area (Å²) in [6, 6.07) is -0.756. The molecule has 0 aliphatic heterocycles. The van der Waals surface area contributed by atoms with Crippen molar-refractivity contribution in [2.75, 3.05) is 6.61 Å². The van der Waals surface area contributed by atoms with Crippen molar-refractivity contribution >= 4 is 5.91 Å². The normalized spacial score (nSPS) is 13.8. The van der Waals surface area contributed by atoms with E-state index in [9.17, 15) is 20.1 Å². The summed E-state index contributed by atoms with van der Waals surface area (Å²) in [5, 5.41) is 33.1. The molecule has 0 saturated carbocycles. The molecule has 5 nitrogen and oxygen atoms in total. The Kier molecular flexibility index (Phi) is 38.7. The Hall–Kier alpha value is -1.17. The molecule has 0 saturated heterocycles. The van der Waals surface area contributed by atoms with Gasteiger partial charge in [0.15, 0.2) is 0 Å². The standard InChI is InChI=1S/C44H85NO4/c1-3-5-7-9-11-13-15-16-17-18-19-20-21-22-23-24-25-26-27-28-30-32-34-36-38-43(48)42(40-46)45-44(49)39-41(47)37-35-33-31-29-14-12-10-8-6-4-2/h28,30,36,38,41-43,46-48H,3-27,29,31-35,37,39-40H2,1-2H3,(H,45,49)/b30-28+,38-36+. The van der Waals surface area contributed by atoms with Crippen molar-refractivity contribution in [1.29, 1.82) is 0 Å². The summed E-state index contributed by atoms with van der Waals surface area (Å²) < 4.78 is 0. The van der Waals surface area contributed by atoms with Crippen LogP contribution in [0.2, 0.25) is 0 Å². The number of aliphatic hydroxyl groups is 3. The molecule has 0 spiro atoms. The summed E-state index contributed by atoms with van der Waals surface area (Å²) >= 11 is 0. The Morgan fingerprint density at radius 3 is 1.31 bits per heavy atom. The van der Waals surface area contributed by atoms with Gasteiger partial charge in [-0.1, -0.05) is 212 Å². The van der Waals surface area contributed by atoms with E-state index in [2.05, 4.69) is 31.3 Å². The lowest BCUT2D eigenvalue weighted by atomic mass is 10.0. The molecular weight excluding hydrogens is 606 g/mol. The van der Waals surface area contributed by atoms with Crippen molar-refractivity contribution in [3.63, 3.8) is 0 Å². The van der Waals surface area contributed by atoms with Crippen molar-refractivity contribution in [2.45, 2.75) is 244 Å². The zero-order valence-electron chi connectivity index (χ0n) is 32.8. The molecule has 3 unspecified atom stereocenters. The van der Waals surface area contributed by atoms with Crippen LogP contribution in [0.25, 0.3) is 0 Å². The highest BCUT2D eigenvalue weighted by atomic mass is 16.3. The van der Waals surface area contributed by atoms with Crippen LogP contribution < -0.4 is 5.32 Å². The molecule has 0 aromatic heterocycles. The summed E-state index contributed by atoms with van der Waals surface area (Å²) in [6.07, 6.45) is 47.6. The van der Waals surface area contributed by atoms with Crippen LogP contribution in [-0.2, 0) is 4.79 Å². The van der Waals surface area contributed by atoms with E-state index in [-0.39, 0.29) is 18.9 Å². The Morgan fingerprint density at radius 2 is 0.878 bits per heavy atom. The lowest BCUT2D eigenvalue weighted by Crippen LogP contribution is -2.45. The minimum absolute atomic E-state index is 0.00856. The molecule has 0 fully saturated rings. The zero-order chi connectivity index (χ0) is 35.9. The Labute approximate surface area is 305 Å². The van der Waals surface area contributed by atoms with Gasteiger partial charge in [0.1, 0.15) is 0 Å². The van der Waals surface area contributed by atoms with Gasteiger partial charge in [-0.15, -0.1) is 0 Å². The third-order valence-electron chi connectivity index (χ3n) is 9.99. The molecule has 0 aromatic rings. The molecule has 0 rings (SSSR count). The van der Waals surface area contributed by atoms with Crippen molar-refractivity contribution in [3.8, 4) is 0 Å². The average molecular weight is 692 g/mol. The molecule has 290 valence electrons. The second kappa shape index (κ2) is 39.6. The predicted octanol–water partition coefficient (Wildman–Crippen LogP) is 12.2. The fourth-order valence-electron chi connectivity index (χ4n) is 6.65. The van der Waals surface area contributed by atoms with Gasteiger partial charge in [0.25, 0.3) is 0 Å². The van der Waals surface area contributed by atoms with Crippen molar-refractivity contribution in [1.82, 2.24) is 5.32 Å². The van der Waals surface area contributed by atoms with E-state index in [1.807, 2.05) is 6.08 Å². The number of aliphatic hydroxyl groups excluding tert-OH is 3. The summed E-state index contributed by atoms with van der Waals surface area (Å²) in [4.78, 5) is 12.4. The summed E-state index contributed by atoms with van der Waals surface area (Å²) in [7, 11) is 0. The predicted molar refractivity (Wildman–Crippen MR) is 213 cm³/mol. The number of amides is 1. The first-order valence-corrected chi connectivity index (χ1v) is 21.6. The third-order valence-corrected chi connectivity index (χ3v) is 9.99. The lowest BCUT2D eigenvalue weighted by molar-refractivity contribution is -0.124. The van der Waals surface area contributed by atoms with E-state index in [0.29, 0.717) is 6.42 Å². The molecule has 0 aromatic carbocycles. The molecule has 0 aliphatic rings. The van der Waals surface area contributed by atoms with Gasteiger partial charge in [-0.05, 0) is 32.1 Å². The first-order valence-electron chi connectivity index (χ1n) is 21.6. The van der Waals surface area contributed by atoms with E-state index in [1.54, 1.807) is 6.08 Å². The molecule has 0 aliphatic carbocycles. The SMILES string of the molecule is CCCCCCCCCCCCCCCCCCCC/C=C/CC/C=C/C(O)C(CO)NC(=O)CC(O)CCCCCCCCCCCC. The van der Waals surface area contributed by atoms with E-state index in [0.717, 1.165) is 32.1 Å². The van der Waals surface area contributed by atoms with Crippen LogP contribution in [0.1, 0.15) is 226 Å². The lowest BCUT2D eigenvalue weighted by Gasteiger charge is -2.21. The molecular formula is C44H85NO4. The second-order valence-electron chi connectivity index (χ2n) is 15.0. The van der Waals surface area contributed by atoms with Gasteiger partial charge >= 0.3 is 0 Å². The highest BCUT2D eigenvalue weighted by Crippen LogP contribution is 2.16. The highest BCUT2D eigenvalue weighted by Gasteiger charge is 2.20. The number of nitrogens with one attached hydrogen (secondary N) is 1. The summed E-state index contributed by atoms with van der Waals surface area (Å²) in [5.41, 5.74) is 0. The van der Waals surface area contributed by atoms with Crippen molar-refractivity contribution in [2.24, 2.45) is 0 Å². The summed E-state index contributed by atoms with van der Waals surface area (Å²) in [6.45, 7) is 4.19. The maximum atomic E-state index is 12.4. The Morgan fingerprint density at radius 1 is 0.510 bits per heavy atom. The maximum absolute atomic E-state index is 12.4. The molecule has 5 heteroatoms. The van der Waals surface area contributed by atoms with Gasteiger partial charge in [0.05, 0.1) is 31.3 Å². The largest absolute Gasteiger partial charge is 0.394 e. The van der Waals surface area contributed by atoms with Gasteiger partial charge in [-0.25, -0.2) is 0 Å². The van der Waals surface area contributed by atoms with Gasteiger partial charge < -0.3 is 20.6 Å². The van der Waals surface area contributed by atoms with Gasteiger partial charge in [0.2, 0.25) is 5.91 Å². The maximum Gasteiger partial charge on any atom is 0.222 e. The van der Waals surface area contributed by atoms with Crippen LogP contribution in [-0.4, -0.2) is 46.1 Å². The van der Waals surface area contributed by atoms with Crippen LogP contribution in [0, 0.1) is 0 Å². The molecule has 0 radical (unpaired) electrons. The molecule has 49 heavy (non-hydrogen) atoms. The topological polar surface area (TPSA) is 89.8 Å². The fraction of sp³-hybridized carbons (Fsp3) is 0.886. The van der Waals surface area contributed by atoms with Crippen LogP contribution in [0.4, 0.5) is 0 Å². The minimum atomic E-state index is -0.947. The van der Waals surface area contributed by atoms with Crippen molar-refractivity contribution < 1.29 is 20.1 Å². The number of unbranched alkanes of at least 4 members (excludes halogenated alkanes) is 28. The number of carbonyl (C=O) groups is 1. The van der Waals surface area contributed by atoms with E-state index in [1.165, 1.54) is 167 Å². The van der Waals surface area contributed by atoms with Crippen LogP contribution in [0.3, 0.4) is 0 Å². The van der Waals surface area contributed by atoms with Gasteiger partial charge in [-0.2, -0.15) is 0 Å². The fourth-order valence-corrected chi connectivity index (χ4v) is 6.65. The Balaban J connectivity index is 3.65. The average Bonchev–Trinajstić information content (AvgIpc) is 3.09. The number of allylic oxidation sites excluding steroid dienone is 3. The first-order chi connectivity index (χ1) is 24.0. The monoisotopic (exact) mass is 692 g/mol. The highest BCUT2D eigenvalue weighted by molar-refractivity contribution is 5.76. The molecule has 0 bridgehead atoms. The number of hydrogen-bond donors (Lipinski definition) is 4. The quantitative estimate of drug-likeness (QED) is 0.0381. The number of hydrogen-bond acceptors (Lipinski definition) is 4. The Bertz CT molecular complexity index is 724. The first kappa shape index (κ1) is 47.8. The molecule has 3 atom stereocenters. The molecule has 0 heterocycles. The van der Waals surface area contributed by atoms with Crippen LogP contribution >= 0.6 is 0 Å². The van der Waals surface area contributed by atoms with E-state index >= 15 is 0 Å². The zero-order valence-corrected chi connectivity index (χ0v) is 32.8. The van der Waals surface area contributed by atoms with Crippen LogP contribution in [0.15, 0.2) is 24.3 Å². The number of carbonyl (C=O) groups excluding carboxylic acids is 1.